The lowest BCUT2D eigenvalue weighted by atomic mass is 10.1. The lowest BCUT2D eigenvalue weighted by Crippen LogP contribution is -2.35. The highest BCUT2D eigenvalue weighted by Gasteiger charge is 2.22. The number of halogens is 1. The van der Waals surface area contributed by atoms with Gasteiger partial charge in [-0.1, -0.05) is 0 Å². The number of carbonyl (C=O) groups is 1. The van der Waals surface area contributed by atoms with Crippen LogP contribution in [0.25, 0.3) is 0 Å². The predicted octanol–water partition coefficient (Wildman–Crippen LogP) is 2.66. The highest BCUT2D eigenvalue weighted by Crippen LogP contribution is 2.20. The number of fused-ring (bicyclic) bond motifs is 1. The summed E-state index contributed by atoms with van der Waals surface area (Å²) in [5, 5.41) is 0. The van der Waals surface area contributed by atoms with Gasteiger partial charge in [0.05, 0.1) is 0 Å². The molecule has 1 amide bonds. The minimum absolute atomic E-state index is 0.0325. The molecule has 0 atom stereocenters. The Morgan fingerprint density at radius 1 is 1.37 bits per heavy atom. The summed E-state index contributed by atoms with van der Waals surface area (Å²) in [5.41, 5.74) is 3.43. The maximum absolute atomic E-state index is 13.2. The van der Waals surface area contributed by atoms with Gasteiger partial charge in [0.1, 0.15) is 5.82 Å². The molecule has 1 aromatic heterocycles. The van der Waals surface area contributed by atoms with Crippen LogP contribution in [0.1, 0.15) is 27.2 Å². The smallest absolute Gasteiger partial charge is 0.254 e. The number of aryl methyl sites for hydroxylation is 1. The molecule has 0 spiro atoms. The summed E-state index contributed by atoms with van der Waals surface area (Å²) in [5.74, 6) is -0.307. The maximum atomic E-state index is 13.2. The molecule has 98 valence electrons. The molecule has 3 nitrogen and oxygen atoms in total. The van der Waals surface area contributed by atoms with Gasteiger partial charge in [-0.15, -0.1) is 0 Å². The Morgan fingerprint density at radius 3 is 3.00 bits per heavy atom. The average Bonchev–Trinajstić information content (AvgIpc) is 2.88. The first-order valence-electron chi connectivity index (χ1n) is 6.35. The molecule has 1 N–H and O–H groups in total. The molecule has 2 heterocycles. The molecule has 0 unspecified atom stereocenters. The zero-order chi connectivity index (χ0) is 13.4. The van der Waals surface area contributed by atoms with Gasteiger partial charge in [0.25, 0.3) is 5.91 Å². The number of carbonyl (C=O) groups excluding carboxylic acids is 1. The first-order chi connectivity index (χ1) is 9.15. The van der Waals surface area contributed by atoms with E-state index in [1.165, 1.54) is 17.3 Å². The van der Waals surface area contributed by atoms with E-state index in [-0.39, 0.29) is 11.7 Å². The number of hydrogen-bond acceptors (Lipinski definition) is 1. The standard InChI is InChI=1S/C15H15FN2O/c1-10-8-11(2-3-13(10)16)15(19)18-7-5-14-12(9-18)4-6-17-14/h2-4,6,8,17H,5,7,9H2,1H3. The molecule has 1 aliphatic heterocycles. The molecule has 4 heteroatoms. The maximum Gasteiger partial charge on any atom is 0.254 e. The lowest BCUT2D eigenvalue weighted by Gasteiger charge is -2.27. The minimum Gasteiger partial charge on any atom is -0.365 e. The highest BCUT2D eigenvalue weighted by molar-refractivity contribution is 5.94. The van der Waals surface area contributed by atoms with Crippen LogP contribution in [0.15, 0.2) is 30.5 Å². The fourth-order valence-electron chi connectivity index (χ4n) is 2.48. The molecular weight excluding hydrogens is 243 g/mol. The number of aromatic nitrogens is 1. The normalized spacial score (nSPS) is 14.3. The number of aromatic amines is 1. The van der Waals surface area contributed by atoms with Crippen molar-refractivity contribution in [3.63, 3.8) is 0 Å². The number of benzene rings is 1. The summed E-state index contributed by atoms with van der Waals surface area (Å²) in [6, 6.07) is 6.53. The molecule has 0 aliphatic carbocycles. The molecule has 0 fully saturated rings. The van der Waals surface area contributed by atoms with E-state index in [1.807, 2.05) is 17.2 Å². The molecular formula is C15H15FN2O. The van der Waals surface area contributed by atoms with Crippen molar-refractivity contribution in [2.45, 2.75) is 19.9 Å². The van der Waals surface area contributed by atoms with Gasteiger partial charge in [-0.05, 0) is 42.3 Å². The van der Waals surface area contributed by atoms with E-state index in [0.717, 1.165) is 6.42 Å². The van der Waals surface area contributed by atoms with E-state index >= 15 is 0 Å². The summed E-state index contributed by atoms with van der Waals surface area (Å²) >= 11 is 0. The Kier molecular flexibility index (Phi) is 2.85. The van der Waals surface area contributed by atoms with Crippen LogP contribution in [0.4, 0.5) is 4.39 Å². The third-order valence-corrected chi connectivity index (χ3v) is 3.61. The van der Waals surface area contributed by atoms with Gasteiger partial charge in [-0.2, -0.15) is 0 Å². The van der Waals surface area contributed by atoms with E-state index in [0.29, 0.717) is 24.2 Å². The fourth-order valence-corrected chi connectivity index (χ4v) is 2.48. The van der Waals surface area contributed by atoms with Crippen molar-refractivity contribution < 1.29 is 9.18 Å². The Hall–Kier alpha value is -2.10. The number of amides is 1. The van der Waals surface area contributed by atoms with Crippen LogP contribution < -0.4 is 0 Å². The molecule has 0 radical (unpaired) electrons. The number of rotatable bonds is 1. The van der Waals surface area contributed by atoms with E-state index in [1.54, 1.807) is 19.1 Å². The third-order valence-electron chi connectivity index (χ3n) is 3.61. The number of nitrogens with zero attached hydrogens (tertiary/aromatic N) is 1. The zero-order valence-corrected chi connectivity index (χ0v) is 10.7. The highest BCUT2D eigenvalue weighted by atomic mass is 19.1. The van der Waals surface area contributed by atoms with Crippen molar-refractivity contribution >= 4 is 5.91 Å². The van der Waals surface area contributed by atoms with Crippen LogP contribution >= 0.6 is 0 Å². The van der Waals surface area contributed by atoms with E-state index in [9.17, 15) is 9.18 Å². The fraction of sp³-hybridized carbons (Fsp3) is 0.267. The second-order valence-corrected chi connectivity index (χ2v) is 4.92. The molecule has 1 aliphatic rings. The number of nitrogens with one attached hydrogen (secondary N) is 1. The topological polar surface area (TPSA) is 36.1 Å². The Morgan fingerprint density at radius 2 is 2.21 bits per heavy atom. The lowest BCUT2D eigenvalue weighted by molar-refractivity contribution is 0.0734. The van der Waals surface area contributed by atoms with Gasteiger partial charge in [-0.3, -0.25) is 4.79 Å². The van der Waals surface area contributed by atoms with Crippen LogP contribution in [-0.4, -0.2) is 22.3 Å². The minimum atomic E-state index is -0.275. The number of hydrogen-bond donors (Lipinski definition) is 1. The monoisotopic (exact) mass is 258 g/mol. The molecule has 1 aromatic carbocycles. The van der Waals surface area contributed by atoms with Gasteiger partial charge in [0.2, 0.25) is 0 Å². The quantitative estimate of drug-likeness (QED) is 0.838. The van der Waals surface area contributed by atoms with Crippen LogP contribution in [0.3, 0.4) is 0 Å². The summed E-state index contributed by atoms with van der Waals surface area (Å²) in [7, 11) is 0. The molecule has 2 aromatic rings. The average molecular weight is 258 g/mol. The van der Waals surface area contributed by atoms with Crippen molar-refractivity contribution in [1.82, 2.24) is 9.88 Å². The first kappa shape index (κ1) is 12.0. The van der Waals surface area contributed by atoms with Crippen LogP contribution in [0.2, 0.25) is 0 Å². The van der Waals surface area contributed by atoms with Gasteiger partial charge in [0, 0.05) is 37.0 Å². The van der Waals surface area contributed by atoms with Crippen LogP contribution in [0, 0.1) is 12.7 Å². The third kappa shape index (κ3) is 2.14. The number of H-pyrrole nitrogens is 1. The van der Waals surface area contributed by atoms with Crippen molar-refractivity contribution in [3.05, 3.63) is 58.7 Å². The Bertz CT molecular complexity index is 633. The summed E-state index contributed by atoms with van der Waals surface area (Å²) < 4.78 is 13.2. The van der Waals surface area contributed by atoms with Crippen molar-refractivity contribution in [2.24, 2.45) is 0 Å². The largest absolute Gasteiger partial charge is 0.365 e. The van der Waals surface area contributed by atoms with Gasteiger partial charge < -0.3 is 9.88 Å². The van der Waals surface area contributed by atoms with Gasteiger partial charge in [0.15, 0.2) is 0 Å². The second-order valence-electron chi connectivity index (χ2n) is 4.92. The molecule has 19 heavy (non-hydrogen) atoms. The van der Waals surface area contributed by atoms with E-state index in [2.05, 4.69) is 4.98 Å². The first-order valence-corrected chi connectivity index (χ1v) is 6.35. The molecule has 0 saturated carbocycles. The van der Waals surface area contributed by atoms with E-state index < -0.39 is 0 Å². The molecule has 0 bridgehead atoms. The van der Waals surface area contributed by atoms with Gasteiger partial charge in [-0.25, -0.2) is 4.39 Å². The van der Waals surface area contributed by atoms with Crippen LogP contribution in [-0.2, 0) is 13.0 Å². The van der Waals surface area contributed by atoms with Crippen molar-refractivity contribution in [3.8, 4) is 0 Å². The predicted molar refractivity (Wildman–Crippen MR) is 70.4 cm³/mol. The summed E-state index contributed by atoms with van der Waals surface area (Å²) in [4.78, 5) is 17.4. The van der Waals surface area contributed by atoms with E-state index in [4.69, 9.17) is 0 Å². The molecule has 3 rings (SSSR count). The summed E-state index contributed by atoms with van der Waals surface area (Å²) in [6.07, 6.45) is 2.74. The van der Waals surface area contributed by atoms with Crippen LogP contribution in [0.5, 0.6) is 0 Å². The SMILES string of the molecule is Cc1cc(C(=O)N2CCc3[nH]ccc3C2)ccc1F. The second kappa shape index (κ2) is 4.53. The van der Waals surface area contributed by atoms with Crippen molar-refractivity contribution in [2.75, 3.05) is 6.54 Å². The summed E-state index contributed by atoms with van der Waals surface area (Å²) in [6.45, 7) is 2.99. The Labute approximate surface area is 111 Å². The van der Waals surface area contributed by atoms with Crippen molar-refractivity contribution in [1.29, 1.82) is 0 Å². The zero-order valence-electron chi connectivity index (χ0n) is 10.7. The Balaban J connectivity index is 1.83. The van der Waals surface area contributed by atoms with Gasteiger partial charge >= 0.3 is 0 Å². The molecule has 0 saturated heterocycles.